The highest BCUT2D eigenvalue weighted by molar-refractivity contribution is 5.88. The molecule has 0 aromatic carbocycles. The number of amidine groups is 1. The third-order valence-corrected chi connectivity index (χ3v) is 5.95. The molecule has 27 heavy (non-hydrogen) atoms. The highest BCUT2D eigenvalue weighted by Gasteiger charge is 2.30. The van der Waals surface area contributed by atoms with Crippen LogP contribution in [0.2, 0.25) is 0 Å². The van der Waals surface area contributed by atoms with E-state index in [-0.39, 0.29) is 0 Å². The Morgan fingerprint density at radius 3 is 2.33 bits per heavy atom. The molecule has 0 spiro atoms. The zero-order valence-electron chi connectivity index (χ0n) is 18.4. The summed E-state index contributed by atoms with van der Waals surface area (Å²) in [6, 6.07) is 0.607. The van der Waals surface area contributed by atoms with Crippen molar-refractivity contribution in [2.45, 2.75) is 77.7 Å². The number of aliphatic imine (C=N–C) groups is 1. The minimum atomic E-state index is 0.607. The van der Waals surface area contributed by atoms with Gasteiger partial charge in [-0.3, -0.25) is 14.8 Å². The molecule has 5 heteroatoms. The molecule has 0 aromatic heterocycles. The van der Waals surface area contributed by atoms with Gasteiger partial charge in [0.25, 0.3) is 0 Å². The van der Waals surface area contributed by atoms with E-state index in [0.29, 0.717) is 6.04 Å². The second kappa shape index (κ2) is 13.5. The molecule has 3 heterocycles. The fourth-order valence-electron chi connectivity index (χ4n) is 4.30. The van der Waals surface area contributed by atoms with Crippen LogP contribution < -0.4 is 5.32 Å². The fourth-order valence-corrected chi connectivity index (χ4v) is 4.30. The Morgan fingerprint density at radius 1 is 1.00 bits per heavy atom. The first-order valence-corrected chi connectivity index (χ1v) is 11.7. The van der Waals surface area contributed by atoms with Gasteiger partial charge in [0.1, 0.15) is 5.84 Å². The van der Waals surface area contributed by atoms with Gasteiger partial charge < -0.3 is 10.2 Å². The summed E-state index contributed by atoms with van der Waals surface area (Å²) >= 11 is 0. The molecule has 1 atom stereocenters. The number of hydrogen-bond donors (Lipinski definition) is 1. The van der Waals surface area contributed by atoms with Crippen LogP contribution in [0.4, 0.5) is 0 Å². The van der Waals surface area contributed by atoms with Crippen LogP contribution in [0.3, 0.4) is 0 Å². The Balaban J connectivity index is 0.000000313. The van der Waals surface area contributed by atoms with Crippen molar-refractivity contribution in [3.05, 3.63) is 0 Å². The van der Waals surface area contributed by atoms with Crippen LogP contribution in [0.1, 0.15) is 71.6 Å². The maximum atomic E-state index is 4.93. The van der Waals surface area contributed by atoms with Crippen molar-refractivity contribution in [3.63, 3.8) is 0 Å². The van der Waals surface area contributed by atoms with Gasteiger partial charge in [0, 0.05) is 32.8 Å². The molecule has 0 radical (unpaired) electrons. The van der Waals surface area contributed by atoms with Crippen LogP contribution in [0.25, 0.3) is 0 Å². The average molecular weight is 380 g/mol. The number of rotatable bonds is 7. The van der Waals surface area contributed by atoms with Crippen LogP contribution in [-0.2, 0) is 0 Å². The second-order valence-corrected chi connectivity index (χ2v) is 8.43. The van der Waals surface area contributed by atoms with Crippen LogP contribution >= 0.6 is 0 Å². The van der Waals surface area contributed by atoms with E-state index >= 15 is 0 Å². The Bertz CT molecular complexity index is 398. The first-order chi connectivity index (χ1) is 13.3. The van der Waals surface area contributed by atoms with Gasteiger partial charge in [-0.15, -0.1) is 0 Å². The van der Waals surface area contributed by atoms with Crippen LogP contribution in [0.15, 0.2) is 4.99 Å². The standard InChI is InChI=1S/C17H33N3.C5H12N2/c1-3-5-12-19(13-6-4-2)16-10-7-8-14-20-15-9-11-18-17(16)20;1-7-4-2-3-6-5-7/h16H,3-15H2,1-2H3;6H,2-5H2,1H3. The molecule has 2 fully saturated rings. The quantitative estimate of drug-likeness (QED) is 0.735. The van der Waals surface area contributed by atoms with E-state index in [2.05, 4.69) is 40.9 Å². The van der Waals surface area contributed by atoms with E-state index < -0.39 is 0 Å². The fraction of sp³-hybridized carbons (Fsp3) is 0.955. The highest BCUT2D eigenvalue weighted by Crippen LogP contribution is 2.22. The minimum absolute atomic E-state index is 0.607. The third kappa shape index (κ3) is 8.08. The summed E-state index contributed by atoms with van der Waals surface area (Å²) in [6.07, 6.45) is 11.8. The zero-order valence-corrected chi connectivity index (χ0v) is 18.4. The molecule has 1 N–H and O–H groups in total. The Kier molecular flexibility index (Phi) is 11.3. The smallest absolute Gasteiger partial charge is 0.116 e. The lowest BCUT2D eigenvalue weighted by Gasteiger charge is -2.37. The Hall–Kier alpha value is -0.650. The topological polar surface area (TPSA) is 34.1 Å². The van der Waals surface area contributed by atoms with Crippen molar-refractivity contribution in [2.24, 2.45) is 4.99 Å². The summed E-state index contributed by atoms with van der Waals surface area (Å²) in [6.45, 7) is 14.2. The minimum Gasteiger partial charge on any atom is -0.359 e. The molecule has 158 valence electrons. The molecule has 2 saturated heterocycles. The number of hydrogen-bond acceptors (Lipinski definition) is 5. The largest absolute Gasteiger partial charge is 0.359 e. The summed E-state index contributed by atoms with van der Waals surface area (Å²) < 4.78 is 0. The molecule has 0 aromatic rings. The van der Waals surface area contributed by atoms with Gasteiger partial charge in [-0.25, -0.2) is 0 Å². The molecular weight excluding hydrogens is 334 g/mol. The highest BCUT2D eigenvalue weighted by atomic mass is 15.3. The average Bonchev–Trinajstić information content (AvgIpc) is 2.92. The van der Waals surface area contributed by atoms with Gasteiger partial charge in [0.2, 0.25) is 0 Å². The summed E-state index contributed by atoms with van der Waals surface area (Å²) in [4.78, 5) is 12.5. The van der Waals surface area contributed by atoms with E-state index in [9.17, 15) is 0 Å². The lowest BCUT2D eigenvalue weighted by atomic mass is 10.1. The van der Waals surface area contributed by atoms with Crippen molar-refractivity contribution in [2.75, 3.05) is 59.5 Å². The van der Waals surface area contributed by atoms with Crippen molar-refractivity contribution < 1.29 is 0 Å². The molecule has 0 amide bonds. The summed E-state index contributed by atoms with van der Waals surface area (Å²) in [5.41, 5.74) is 0. The van der Waals surface area contributed by atoms with Gasteiger partial charge in [0.15, 0.2) is 0 Å². The van der Waals surface area contributed by atoms with Crippen molar-refractivity contribution in [1.29, 1.82) is 0 Å². The molecule has 3 aliphatic rings. The predicted molar refractivity (Wildman–Crippen MR) is 118 cm³/mol. The van der Waals surface area contributed by atoms with Crippen LogP contribution in [-0.4, -0.2) is 86.1 Å². The molecule has 0 aliphatic carbocycles. The van der Waals surface area contributed by atoms with Gasteiger partial charge in [-0.2, -0.15) is 0 Å². The van der Waals surface area contributed by atoms with E-state index in [1.54, 1.807) is 0 Å². The summed E-state index contributed by atoms with van der Waals surface area (Å²) in [5.74, 6) is 1.43. The first kappa shape index (κ1) is 22.6. The number of nitrogens with one attached hydrogen (secondary N) is 1. The molecule has 1 unspecified atom stereocenters. The summed E-state index contributed by atoms with van der Waals surface area (Å²) in [5, 5.41) is 3.26. The van der Waals surface area contributed by atoms with Crippen molar-refractivity contribution >= 4 is 5.84 Å². The number of nitrogens with zero attached hydrogens (tertiary/aromatic N) is 4. The lowest BCUT2D eigenvalue weighted by Crippen LogP contribution is -2.50. The van der Waals surface area contributed by atoms with E-state index in [4.69, 9.17) is 4.99 Å². The normalized spacial score (nSPS) is 23.9. The van der Waals surface area contributed by atoms with Crippen LogP contribution in [0, 0.1) is 0 Å². The van der Waals surface area contributed by atoms with E-state index in [1.165, 1.54) is 103 Å². The molecule has 0 saturated carbocycles. The first-order valence-electron chi connectivity index (χ1n) is 11.7. The number of fused-ring (bicyclic) bond motifs is 1. The Labute approximate surface area is 168 Å². The van der Waals surface area contributed by atoms with Gasteiger partial charge >= 0.3 is 0 Å². The molecule has 0 bridgehead atoms. The monoisotopic (exact) mass is 379 g/mol. The van der Waals surface area contributed by atoms with Crippen LogP contribution in [0.5, 0.6) is 0 Å². The maximum Gasteiger partial charge on any atom is 0.116 e. The van der Waals surface area contributed by atoms with Gasteiger partial charge in [-0.05, 0) is 71.6 Å². The van der Waals surface area contributed by atoms with Crippen molar-refractivity contribution in [1.82, 2.24) is 20.0 Å². The van der Waals surface area contributed by atoms with Crippen molar-refractivity contribution in [3.8, 4) is 0 Å². The second-order valence-electron chi connectivity index (χ2n) is 8.43. The zero-order chi connectivity index (χ0) is 19.3. The molecular formula is C22H45N5. The molecule has 5 nitrogen and oxygen atoms in total. The number of unbranched alkanes of at least 4 members (excludes halogenated alkanes) is 2. The SMILES string of the molecule is CCCCN(CCCC)C1CCCCN2CCCN=C12.CN1CCCNC1. The van der Waals surface area contributed by atoms with E-state index in [0.717, 1.165) is 13.2 Å². The summed E-state index contributed by atoms with van der Waals surface area (Å²) in [7, 11) is 2.13. The van der Waals surface area contributed by atoms with E-state index in [1.807, 2.05) is 0 Å². The van der Waals surface area contributed by atoms with Gasteiger partial charge in [0.05, 0.1) is 6.04 Å². The lowest BCUT2D eigenvalue weighted by molar-refractivity contribution is 0.215. The molecule has 3 aliphatic heterocycles. The maximum absolute atomic E-state index is 4.93. The Morgan fingerprint density at radius 2 is 1.74 bits per heavy atom. The predicted octanol–water partition coefficient (Wildman–Crippen LogP) is 3.41. The third-order valence-electron chi connectivity index (χ3n) is 5.95. The molecule has 3 rings (SSSR count). The van der Waals surface area contributed by atoms with Gasteiger partial charge in [-0.1, -0.05) is 26.7 Å².